The van der Waals surface area contributed by atoms with E-state index in [0.717, 1.165) is 0 Å². The molecule has 66 valence electrons. The van der Waals surface area contributed by atoms with Crippen LogP contribution in [0.5, 0.6) is 5.88 Å². The molecule has 0 amide bonds. The van der Waals surface area contributed by atoms with Crippen molar-refractivity contribution in [2.75, 3.05) is 0 Å². The van der Waals surface area contributed by atoms with Gasteiger partial charge in [-0.2, -0.15) is 0 Å². The summed E-state index contributed by atoms with van der Waals surface area (Å²) in [5.74, 6) is 0.0815. The van der Waals surface area contributed by atoms with Crippen LogP contribution in [0, 0.1) is 3.95 Å². The van der Waals surface area contributed by atoms with Crippen LogP contribution in [0.4, 0.5) is 0 Å². The van der Waals surface area contributed by atoms with Crippen molar-refractivity contribution in [3.63, 3.8) is 0 Å². The number of hydrogen-bond donors (Lipinski definition) is 2. The molecule has 1 aromatic rings. The number of thiazole rings is 1. The van der Waals surface area contributed by atoms with Gasteiger partial charge in [0.1, 0.15) is 6.34 Å². The lowest BCUT2D eigenvalue weighted by atomic mass is 10.4. The van der Waals surface area contributed by atoms with Gasteiger partial charge >= 0.3 is 0 Å². The molecule has 4 nitrogen and oxygen atoms in total. The number of nitrogens with zero attached hydrogens (tertiary/aromatic N) is 2. The molecule has 13 heavy (non-hydrogen) atoms. The van der Waals surface area contributed by atoms with Gasteiger partial charge in [0.15, 0.2) is 3.95 Å². The molecule has 2 rings (SSSR count). The summed E-state index contributed by atoms with van der Waals surface area (Å²) >= 11 is 6.16. The van der Waals surface area contributed by atoms with Crippen molar-refractivity contribution in [1.29, 1.82) is 0 Å². The van der Waals surface area contributed by atoms with Gasteiger partial charge in [-0.05, 0) is 18.3 Å². The molecule has 1 aromatic heterocycles. The Kier molecular flexibility index (Phi) is 2.07. The summed E-state index contributed by atoms with van der Waals surface area (Å²) in [6.07, 6.45) is 4.79. The van der Waals surface area contributed by atoms with E-state index in [0.29, 0.717) is 14.5 Å². The van der Waals surface area contributed by atoms with Crippen LogP contribution in [0.2, 0.25) is 0 Å². The summed E-state index contributed by atoms with van der Waals surface area (Å²) in [7, 11) is 0. The Hall–Kier alpha value is -1.27. The predicted octanol–water partition coefficient (Wildman–Crippen LogP) is 1.96. The second-order valence-electron chi connectivity index (χ2n) is 2.32. The number of allylic oxidation sites excluding steroid dienone is 1. The van der Waals surface area contributed by atoms with Crippen molar-refractivity contribution in [2.24, 2.45) is 9.98 Å². The first-order chi connectivity index (χ1) is 6.25. The molecule has 2 heterocycles. The minimum Gasteiger partial charge on any atom is -0.494 e. The molecular formula is C7H5N3OS2. The molecule has 1 aliphatic rings. The third-order valence-corrected chi connectivity index (χ3v) is 2.59. The van der Waals surface area contributed by atoms with Crippen molar-refractivity contribution in [1.82, 2.24) is 4.98 Å². The average Bonchev–Trinajstić information content (AvgIpc) is 2.63. The van der Waals surface area contributed by atoms with Gasteiger partial charge in [0.05, 0.1) is 16.8 Å². The van der Waals surface area contributed by atoms with E-state index < -0.39 is 0 Å². The maximum absolute atomic E-state index is 9.34. The molecule has 0 fully saturated rings. The zero-order valence-electron chi connectivity index (χ0n) is 6.39. The zero-order chi connectivity index (χ0) is 9.26. The summed E-state index contributed by atoms with van der Waals surface area (Å²) in [6.45, 7) is 0. The molecule has 0 spiro atoms. The van der Waals surface area contributed by atoms with Gasteiger partial charge in [0.25, 0.3) is 0 Å². The molecule has 0 radical (unpaired) electrons. The molecule has 6 heteroatoms. The molecule has 0 unspecified atom stereocenters. The van der Waals surface area contributed by atoms with Crippen molar-refractivity contribution < 1.29 is 5.11 Å². The fraction of sp³-hybridized carbons (Fsp3) is 0. The largest absolute Gasteiger partial charge is 0.494 e. The lowest BCUT2D eigenvalue weighted by Gasteiger charge is -1.87. The second kappa shape index (κ2) is 3.23. The van der Waals surface area contributed by atoms with E-state index in [1.807, 2.05) is 0 Å². The standard InChI is InChI=1S/C7H5N3OS2/c11-6-5(13-7(12)10-6)1-4-2-8-3-9-4/h1-3,11H,(H,10,12)/b4-1+. The van der Waals surface area contributed by atoms with E-state index >= 15 is 0 Å². The molecule has 2 N–H and O–H groups in total. The number of aromatic amines is 1. The maximum atomic E-state index is 9.34. The van der Waals surface area contributed by atoms with E-state index in [1.54, 1.807) is 12.3 Å². The Morgan fingerprint density at radius 3 is 3.00 bits per heavy atom. The van der Waals surface area contributed by atoms with E-state index in [9.17, 15) is 5.11 Å². The van der Waals surface area contributed by atoms with Crippen molar-refractivity contribution in [3.8, 4) is 5.88 Å². The second-order valence-corrected chi connectivity index (χ2v) is 4.04. The van der Waals surface area contributed by atoms with Crippen molar-refractivity contribution >= 4 is 42.2 Å². The maximum Gasteiger partial charge on any atom is 0.207 e. The Labute approximate surface area is 83.0 Å². The van der Waals surface area contributed by atoms with E-state index in [-0.39, 0.29) is 5.88 Å². The summed E-state index contributed by atoms with van der Waals surface area (Å²) in [5, 5.41) is 9.34. The van der Waals surface area contributed by atoms with Gasteiger partial charge in [-0.15, -0.1) is 11.3 Å². The number of nitrogens with one attached hydrogen (secondary N) is 1. The highest BCUT2D eigenvalue weighted by molar-refractivity contribution is 7.73. The number of aliphatic imine (C=N–C) groups is 2. The molecule has 1 aliphatic heterocycles. The SMILES string of the molecule is Oc1[nH]c(=S)sc1/C=C1\C=NC=N1. The summed E-state index contributed by atoms with van der Waals surface area (Å²) in [6, 6.07) is 0. The molecule has 0 saturated heterocycles. The molecule has 0 saturated carbocycles. The number of aromatic hydroxyl groups is 1. The molecule has 0 bridgehead atoms. The number of hydrogen-bond acceptors (Lipinski definition) is 5. The molecular weight excluding hydrogens is 206 g/mol. The molecule has 0 atom stereocenters. The Bertz CT molecular complexity index is 452. The van der Waals surface area contributed by atoms with Crippen molar-refractivity contribution in [3.05, 3.63) is 14.5 Å². The van der Waals surface area contributed by atoms with Gasteiger partial charge in [-0.1, -0.05) is 0 Å². The van der Waals surface area contributed by atoms with E-state index in [2.05, 4.69) is 15.0 Å². The predicted molar refractivity (Wildman–Crippen MR) is 56.1 cm³/mol. The third-order valence-electron chi connectivity index (χ3n) is 1.42. The van der Waals surface area contributed by atoms with Crippen LogP contribution in [-0.4, -0.2) is 22.6 Å². The first-order valence-corrected chi connectivity index (χ1v) is 4.67. The number of aromatic nitrogens is 1. The first-order valence-electron chi connectivity index (χ1n) is 3.45. The summed E-state index contributed by atoms with van der Waals surface area (Å²) in [5.41, 5.74) is 0.709. The molecule has 0 aromatic carbocycles. The lowest BCUT2D eigenvalue weighted by Crippen LogP contribution is -1.73. The third kappa shape index (κ3) is 1.73. The number of rotatable bonds is 1. The highest BCUT2D eigenvalue weighted by Crippen LogP contribution is 2.24. The summed E-state index contributed by atoms with van der Waals surface area (Å²) < 4.78 is 0.545. The highest BCUT2D eigenvalue weighted by Gasteiger charge is 2.03. The smallest absolute Gasteiger partial charge is 0.207 e. The Morgan fingerprint density at radius 1 is 1.62 bits per heavy atom. The number of H-pyrrole nitrogens is 1. The first kappa shape index (κ1) is 8.33. The van der Waals surface area contributed by atoms with Crippen LogP contribution in [0.25, 0.3) is 6.08 Å². The molecule has 0 aliphatic carbocycles. The van der Waals surface area contributed by atoms with E-state index in [4.69, 9.17) is 12.2 Å². The van der Waals surface area contributed by atoms with Gasteiger partial charge in [0, 0.05) is 0 Å². The van der Waals surface area contributed by atoms with Gasteiger partial charge in [-0.3, -0.25) is 0 Å². The highest BCUT2D eigenvalue weighted by atomic mass is 32.1. The quantitative estimate of drug-likeness (QED) is 0.697. The Balaban J connectivity index is 2.42. The van der Waals surface area contributed by atoms with Crippen LogP contribution >= 0.6 is 23.6 Å². The lowest BCUT2D eigenvalue weighted by molar-refractivity contribution is 0.456. The van der Waals surface area contributed by atoms with Crippen LogP contribution in [-0.2, 0) is 0 Å². The van der Waals surface area contributed by atoms with Crippen LogP contribution in [0.1, 0.15) is 4.88 Å². The van der Waals surface area contributed by atoms with Gasteiger partial charge in [0.2, 0.25) is 5.88 Å². The summed E-state index contributed by atoms with van der Waals surface area (Å²) in [4.78, 5) is 11.0. The van der Waals surface area contributed by atoms with E-state index in [1.165, 1.54) is 17.7 Å². The minimum absolute atomic E-state index is 0.0815. The van der Waals surface area contributed by atoms with Crippen molar-refractivity contribution in [2.45, 2.75) is 0 Å². The normalized spacial score (nSPS) is 17.4. The fourth-order valence-corrected chi connectivity index (χ4v) is 1.92. The zero-order valence-corrected chi connectivity index (χ0v) is 8.02. The van der Waals surface area contributed by atoms with Crippen LogP contribution in [0.15, 0.2) is 15.7 Å². The Morgan fingerprint density at radius 2 is 2.46 bits per heavy atom. The average molecular weight is 211 g/mol. The van der Waals surface area contributed by atoms with Gasteiger partial charge in [-0.25, -0.2) is 9.98 Å². The van der Waals surface area contributed by atoms with Crippen LogP contribution in [0.3, 0.4) is 0 Å². The topological polar surface area (TPSA) is 60.7 Å². The van der Waals surface area contributed by atoms with Crippen LogP contribution < -0.4 is 0 Å². The monoisotopic (exact) mass is 211 g/mol. The van der Waals surface area contributed by atoms with Gasteiger partial charge < -0.3 is 10.1 Å². The fourth-order valence-electron chi connectivity index (χ4n) is 0.882. The minimum atomic E-state index is 0.0815.